The normalized spacial score (nSPS) is 16.6. The maximum Gasteiger partial charge on any atom is 0.0569 e. The zero-order chi connectivity index (χ0) is 13.1. The van der Waals surface area contributed by atoms with Gasteiger partial charge in [0.2, 0.25) is 0 Å². The number of rotatable bonds is 3. The van der Waals surface area contributed by atoms with Crippen LogP contribution in [0, 0.1) is 5.92 Å². The van der Waals surface area contributed by atoms with Crippen LogP contribution < -0.4 is 5.73 Å². The summed E-state index contributed by atoms with van der Waals surface area (Å²) in [6.45, 7) is 2.73. The number of aromatic nitrogens is 2. The quantitative estimate of drug-likeness (QED) is 0.860. The predicted molar refractivity (Wildman–Crippen MR) is 75.6 cm³/mol. The molecular weight excluding hydrogens is 238 g/mol. The Morgan fingerprint density at radius 3 is 2.84 bits per heavy atom. The Morgan fingerprint density at radius 1 is 1.26 bits per heavy atom. The van der Waals surface area contributed by atoms with Crippen LogP contribution in [-0.2, 0) is 11.3 Å². The van der Waals surface area contributed by atoms with Crippen molar-refractivity contribution in [1.29, 1.82) is 0 Å². The number of nitrogens with zero attached hydrogens (tertiary/aromatic N) is 2. The van der Waals surface area contributed by atoms with Crippen LogP contribution in [0.15, 0.2) is 36.7 Å². The van der Waals surface area contributed by atoms with Crippen molar-refractivity contribution in [1.82, 2.24) is 9.78 Å². The zero-order valence-corrected chi connectivity index (χ0v) is 11.0. The van der Waals surface area contributed by atoms with Crippen LogP contribution in [0.25, 0.3) is 11.1 Å². The molecule has 0 unspecified atom stereocenters. The lowest BCUT2D eigenvalue weighted by atomic mass is 10.0. The molecule has 1 aliphatic rings. The summed E-state index contributed by atoms with van der Waals surface area (Å²) in [6.07, 6.45) is 6.23. The summed E-state index contributed by atoms with van der Waals surface area (Å²) in [5.41, 5.74) is 8.94. The van der Waals surface area contributed by atoms with Gasteiger partial charge in [-0.3, -0.25) is 4.68 Å². The van der Waals surface area contributed by atoms with Gasteiger partial charge < -0.3 is 10.5 Å². The fraction of sp³-hybridized carbons (Fsp3) is 0.400. The first kappa shape index (κ1) is 12.2. The Bertz CT molecular complexity index is 544. The first-order valence-corrected chi connectivity index (χ1v) is 6.78. The molecule has 0 bridgehead atoms. The summed E-state index contributed by atoms with van der Waals surface area (Å²) in [6, 6.07) is 7.91. The standard InChI is InChI=1S/C15H19N3O/c16-15-4-2-1-3-14(15)13-9-17-18(11-13)10-12-5-7-19-8-6-12/h1-4,9,11-12H,5-8,10,16H2. The van der Waals surface area contributed by atoms with E-state index in [9.17, 15) is 0 Å². The van der Waals surface area contributed by atoms with Crippen molar-refractivity contribution >= 4 is 5.69 Å². The minimum atomic E-state index is 0.676. The van der Waals surface area contributed by atoms with Crippen molar-refractivity contribution in [2.75, 3.05) is 18.9 Å². The molecule has 1 aromatic carbocycles. The highest BCUT2D eigenvalue weighted by Crippen LogP contribution is 2.25. The molecule has 1 saturated heterocycles. The molecule has 2 N–H and O–H groups in total. The number of hydrogen-bond acceptors (Lipinski definition) is 3. The molecule has 1 fully saturated rings. The Balaban J connectivity index is 1.74. The second-order valence-corrected chi connectivity index (χ2v) is 5.09. The van der Waals surface area contributed by atoms with Crippen molar-refractivity contribution in [3.63, 3.8) is 0 Å². The summed E-state index contributed by atoms with van der Waals surface area (Å²) in [4.78, 5) is 0. The van der Waals surface area contributed by atoms with Crippen molar-refractivity contribution in [3.05, 3.63) is 36.7 Å². The van der Waals surface area contributed by atoms with E-state index in [-0.39, 0.29) is 0 Å². The Kier molecular flexibility index (Phi) is 3.51. The summed E-state index contributed by atoms with van der Waals surface area (Å²) in [5.74, 6) is 0.676. The van der Waals surface area contributed by atoms with Gasteiger partial charge in [-0.15, -0.1) is 0 Å². The highest BCUT2D eigenvalue weighted by atomic mass is 16.5. The first-order valence-electron chi connectivity index (χ1n) is 6.78. The molecule has 2 aromatic rings. The van der Waals surface area contributed by atoms with Crippen molar-refractivity contribution < 1.29 is 4.74 Å². The van der Waals surface area contributed by atoms with E-state index in [0.29, 0.717) is 5.92 Å². The highest BCUT2D eigenvalue weighted by molar-refractivity contribution is 5.75. The van der Waals surface area contributed by atoms with Gasteiger partial charge in [0.15, 0.2) is 0 Å². The topological polar surface area (TPSA) is 53.1 Å². The van der Waals surface area contributed by atoms with Crippen molar-refractivity contribution in [2.24, 2.45) is 5.92 Å². The zero-order valence-electron chi connectivity index (χ0n) is 11.0. The average Bonchev–Trinajstić information content (AvgIpc) is 2.89. The SMILES string of the molecule is Nc1ccccc1-c1cnn(CC2CCOCC2)c1. The maximum atomic E-state index is 5.99. The largest absolute Gasteiger partial charge is 0.398 e. The Labute approximate surface area is 113 Å². The fourth-order valence-corrected chi connectivity index (χ4v) is 2.56. The van der Waals surface area contributed by atoms with Crippen LogP contribution in [0.1, 0.15) is 12.8 Å². The van der Waals surface area contributed by atoms with Gasteiger partial charge in [0, 0.05) is 42.8 Å². The van der Waals surface area contributed by atoms with Gasteiger partial charge in [-0.2, -0.15) is 5.10 Å². The second kappa shape index (κ2) is 5.45. The van der Waals surface area contributed by atoms with Crippen LogP contribution in [0.3, 0.4) is 0 Å². The van der Waals surface area contributed by atoms with Crippen LogP contribution in [0.4, 0.5) is 5.69 Å². The van der Waals surface area contributed by atoms with Crippen molar-refractivity contribution in [2.45, 2.75) is 19.4 Å². The molecular formula is C15H19N3O. The third-order valence-corrected chi connectivity index (χ3v) is 3.69. The van der Waals surface area contributed by atoms with Gasteiger partial charge in [-0.25, -0.2) is 0 Å². The number of ether oxygens (including phenoxy) is 1. The van der Waals surface area contributed by atoms with Crippen LogP contribution in [-0.4, -0.2) is 23.0 Å². The minimum Gasteiger partial charge on any atom is -0.398 e. The molecule has 2 heterocycles. The molecule has 3 rings (SSSR count). The van der Waals surface area contributed by atoms with Gasteiger partial charge in [0.05, 0.1) is 6.20 Å². The Hall–Kier alpha value is -1.81. The number of benzene rings is 1. The summed E-state index contributed by atoms with van der Waals surface area (Å²) >= 11 is 0. The molecule has 19 heavy (non-hydrogen) atoms. The first-order chi connectivity index (χ1) is 9.33. The van der Waals surface area contributed by atoms with E-state index in [1.54, 1.807) is 0 Å². The summed E-state index contributed by atoms with van der Waals surface area (Å²) in [7, 11) is 0. The number of para-hydroxylation sites is 1. The van der Waals surface area contributed by atoms with Gasteiger partial charge in [0.25, 0.3) is 0 Å². The molecule has 0 spiro atoms. The lowest BCUT2D eigenvalue weighted by molar-refractivity contribution is 0.0601. The monoisotopic (exact) mass is 257 g/mol. The van der Waals surface area contributed by atoms with Gasteiger partial charge in [-0.1, -0.05) is 18.2 Å². The van der Waals surface area contributed by atoms with Crippen molar-refractivity contribution in [3.8, 4) is 11.1 Å². The molecule has 0 saturated carbocycles. The third-order valence-electron chi connectivity index (χ3n) is 3.69. The van der Waals surface area contributed by atoms with Gasteiger partial charge in [-0.05, 0) is 24.8 Å². The van der Waals surface area contributed by atoms with Crippen LogP contribution >= 0.6 is 0 Å². The molecule has 4 nitrogen and oxygen atoms in total. The number of hydrogen-bond donors (Lipinski definition) is 1. The van der Waals surface area contributed by atoms with E-state index in [1.165, 1.54) is 0 Å². The van der Waals surface area contributed by atoms with Gasteiger partial charge in [0.1, 0.15) is 0 Å². The van der Waals surface area contributed by atoms with E-state index in [0.717, 1.165) is 49.4 Å². The lowest BCUT2D eigenvalue weighted by Gasteiger charge is -2.21. The molecule has 0 atom stereocenters. The lowest BCUT2D eigenvalue weighted by Crippen LogP contribution is -2.20. The smallest absolute Gasteiger partial charge is 0.0569 e. The molecule has 0 aliphatic carbocycles. The van der Waals surface area contributed by atoms with E-state index >= 15 is 0 Å². The second-order valence-electron chi connectivity index (χ2n) is 5.09. The van der Waals surface area contributed by atoms with Crippen LogP contribution in [0.2, 0.25) is 0 Å². The van der Waals surface area contributed by atoms with Gasteiger partial charge >= 0.3 is 0 Å². The fourth-order valence-electron chi connectivity index (χ4n) is 2.56. The molecule has 0 amide bonds. The molecule has 1 aliphatic heterocycles. The van der Waals surface area contributed by atoms with Crippen LogP contribution in [0.5, 0.6) is 0 Å². The molecule has 1 aromatic heterocycles. The third kappa shape index (κ3) is 2.79. The summed E-state index contributed by atoms with van der Waals surface area (Å²) < 4.78 is 7.41. The molecule has 4 heteroatoms. The summed E-state index contributed by atoms with van der Waals surface area (Å²) in [5, 5.41) is 4.45. The van der Waals surface area contributed by atoms with E-state index in [1.807, 2.05) is 35.1 Å². The van der Waals surface area contributed by atoms with E-state index in [2.05, 4.69) is 11.3 Å². The Morgan fingerprint density at radius 2 is 2.05 bits per heavy atom. The number of anilines is 1. The van der Waals surface area contributed by atoms with E-state index in [4.69, 9.17) is 10.5 Å². The number of nitrogen functional groups attached to an aromatic ring is 1. The average molecular weight is 257 g/mol. The van der Waals surface area contributed by atoms with E-state index < -0.39 is 0 Å². The predicted octanol–water partition coefficient (Wildman–Crippen LogP) is 2.56. The number of nitrogens with two attached hydrogens (primary N) is 1. The molecule has 0 radical (unpaired) electrons. The molecule has 100 valence electrons. The maximum absolute atomic E-state index is 5.99. The highest BCUT2D eigenvalue weighted by Gasteiger charge is 2.15. The minimum absolute atomic E-state index is 0.676.